The van der Waals surface area contributed by atoms with Crippen LogP contribution in [-0.4, -0.2) is 19.0 Å². The molecule has 2 N–H and O–H groups in total. The molecule has 0 heterocycles. The molecule has 98 valence electrons. The lowest BCUT2D eigenvalue weighted by Gasteiger charge is -2.14. The number of nitrogens with one attached hydrogen (secondary N) is 2. The Morgan fingerprint density at radius 2 is 2.28 bits per heavy atom. The van der Waals surface area contributed by atoms with Crippen molar-refractivity contribution in [2.75, 3.05) is 13.1 Å². The number of rotatable bonds is 5. The van der Waals surface area contributed by atoms with Crippen LogP contribution in [0.3, 0.4) is 0 Å². The number of amides is 1. The van der Waals surface area contributed by atoms with Gasteiger partial charge in [-0.15, -0.1) is 0 Å². The highest BCUT2D eigenvalue weighted by Crippen LogP contribution is 2.31. The molecule has 2 rings (SSSR count). The van der Waals surface area contributed by atoms with Gasteiger partial charge in [-0.2, -0.15) is 0 Å². The van der Waals surface area contributed by atoms with E-state index >= 15 is 0 Å². The minimum absolute atomic E-state index is 0.132. The van der Waals surface area contributed by atoms with Gasteiger partial charge in [0.25, 0.3) is 0 Å². The molecule has 1 aromatic carbocycles. The summed E-state index contributed by atoms with van der Waals surface area (Å²) in [5.74, 6) is 0.132. The van der Waals surface area contributed by atoms with Gasteiger partial charge in [-0.25, -0.2) is 0 Å². The van der Waals surface area contributed by atoms with Crippen molar-refractivity contribution in [3.05, 3.63) is 34.9 Å². The maximum absolute atomic E-state index is 11.4. The molecule has 1 unspecified atom stereocenters. The van der Waals surface area contributed by atoms with Gasteiger partial charge in [-0.05, 0) is 37.8 Å². The van der Waals surface area contributed by atoms with Gasteiger partial charge < -0.3 is 10.6 Å². The van der Waals surface area contributed by atoms with Crippen molar-refractivity contribution < 1.29 is 4.79 Å². The van der Waals surface area contributed by atoms with Crippen molar-refractivity contribution in [1.82, 2.24) is 10.6 Å². The minimum Gasteiger partial charge on any atom is -0.356 e. The number of hydrogen-bond acceptors (Lipinski definition) is 2. The van der Waals surface area contributed by atoms with Crippen LogP contribution in [0.25, 0.3) is 0 Å². The summed E-state index contributed by atoms with van der Waals surface area (Å²) in [4.78, 5) is 11.4. The Hall–Kier alpha value is -1.35. The van der Waals surface area contributed by atoms with Crippen molar-refractivity contribution in [3.8, 4) is 0 Å². The summed E-state index contributed by atoms with van der Waals surface area (Å²) in [6, 6.07) is 7.10. The van der Waals surface area contributed by atoms with Crippen LogP contribution in [0.4, 0.5) is 0 Å². The van der Waals surface area contributed by atoms with E-state index in [9.17, 15) is 4.79 Å². The third-order valence-electron chi connectivity index (χ3n) is 3.50. The van der Waals surface area contributed by atoms with Crippen molar-refractivity contribution in [2.24, 2.45) is 0 Å². The van der Waals surface area contributed by atoms with E-state index in [0.717, 1.165) is 19.4 Å². The van der Waals surface area contributed by atoms with Crippen LogP contribution in [0, 0.1) is 6.92 Å². The van der Waals surface area contributed by atoms with E-state index in [4.69, 9.17) is 0 Å². The van der Waals surface area contributed by atoms with Crippen molar-refractivity contribution in [2.45, 2.75) is 39.2 Å². The molecule has 3 heteroatoms. The van der Waals surface area contributed by atoms with Gasteiger partial charge in [0.15, 0.2) is 0 Å². The van der Waals surface area contributed by atoms with Gasteiger partial charge in [0.1, 0.15) is 0 Å². The van der Waals surface area contributed by atoms with Gasteiger partial charge in [-0.1, -0.05) is 23.8 Å². The highest BCUT2D eigenvalue weighted by molar-refractivity contribution is 5.75. The molecule has 0 fully saturated rings. The zero-order valence-electron chi connectivity index (χ0n) is 11.3. The predicted octanol–water partition coefficient (Wildman–Crippen LogP) is 2.10. The average Bonchev–Trinajstić information content (AvgIpc) is 2.72. The largest absolute Gasteiger partial charge is 0.356 e. The summed E-state index contributed by atoms with van der Waals surface area (Å²) in [5, 5.41) is 6.31. The van der Waals surface area contributed by atoms with Crippen molar-refractivity contribution in [3.63, 3.8) is 0 Å². The smallest absolute Gasteiger partial charge is 0.221 e. The number of fused-ring (bicyclic) bond motifs is 1. The fourth-order valence-corrected chi connectivity index (χ4v) is 2.58. The molecule has 1 aliphatic rings. The molecule has 1 aliphatic carbocycles. The Bertz CT molecular complexity index is 429. The maximum Gasteiger partial charge on any atom is 0.221 e. The Labute approximate surface area is 109 Å². The molecule has 18 heavy (non-hydrogen) atoms. The fourth-order valence-electron chi connectivity index (χ4n) is 2.58. The van der Waals surface area contributed by atoms with Crippen LogP contribution in [0.5, 0.6) is 0 Å². The topological polar surface area (TPSA) is 41.1 Å². The van der Waals surface area contributed by atoms with Gasteiger partial charge in [0.2, 0.25) is 5.91 Å². The summed E-state index contributed by atoms with van der Waals surface area (Å²) in [7, 11) is 0. The summed E-state index contributed by atoms with van der Waals surface area (Å²) in [5.41, 5.74) is 4.19. The molecule has 0 aliphatic heterocycles. The molecule has 0 saturated heterocycles. The predicted molar refractivity (Wildman–Crippen MR) is 73.5 cm³/mol. The molecule has 0 aromatic heterocycles. The van der Waals surface area contributed by atoms with Crippen molar-refractivity contribution in [1.29, 1.82) is 0 Å². The first kappa shape index (κ1) is 13.1. The molecule has 1 atom stereocenters. The van der Waals surface area contributed by atoms with Crippen molar-refractivity contribution >= 4 is 5.91 Å². The third kappa shape index (κ3) is 3.10. The van der Waals surface area contributed by atoms with Gasteiger partial charge in [0, 0.05) is 25.6 Å². The van der Waals surface area contributed by atoms with Crippen LogP contribution in [0.1, 0.15) is 42.5 Å². The van der Waals surface area contributed by atoms with Gasteiger partial charge >= 0.3 is 0 Å². The molecule has 1 aromatic rings. The number of carbonyl (C=O) groups excluding carboxylic acids is 1. The number of hydrogen-bond donors (Lipinski definition) is 2. The zero-order valence-corrected chi connectivity index (χ0v) is 11.3. The van der Waals surface area contributed by atoms with E-state index < -0.39 is 0 Å². The lowest BCUT2D eigenvalue weighted by atomic mass is 10.1. The van der Waals surface area contributed by atoms with E-state index in [2.05, 4.69) is 35.8 Å². The Kier molecular flexibility index (Phi) is 4.37. The first-order chi connectivity index (χ1) is 8.70. The van der Waals surface area contributed by atoms with Crippen LogP contribution in [0.2, 0.25) is 0 Å². The number of benzene rings is 1. The summed E-state index contributed by atoms with van der Waals surface area (Å²) in [6.07, 6.45) is 2.86. The van der Waals surface area contributed by atoms with Gasteiger partial charge in [0.05, 0.1) is 0 Å². The van der Waals surface area contributed by atoms with E-state index in [1.165, 1.54) is 16.7 Å². The molecule has 0 spiro atoms. The van der Waals surface area contributed by atoms with E-state index in [1.807, 2.05) is 6.92 Å². The standard InChI is InChI=1S/C15H22N2O/c1-3-16-15(18)8-9-17-14-7-6-12-5-4-11(2)10-13(12)14/h4-5,10,14,17H,3,6-9H2,1-2H3,(H,16,18). The van der Waals surface area contributed by atoms with Crippen LogP contribution in [0.15, 0.2) is 18.2 Å². The molecular formula is C15H22N2O. The molecule has 3 nitrogen and oxygen atoms in total. The number of aryl methyl sites for hydroxylation is 2. The lowest BCUT2D eigenvalue weighted by molar-refractivity contribution is -0.120. The normalized spacial score (nSPS) is 17.6. The molecule has 0 bridgehead atoms. The third-order valence-corrected chi connectivity index (χ3v) is 3.50. The highest BCUT2D eigenvalue weighted by Gasteiger charge is 2.21. The lowest BCUT2D eigenvalue weighted by Crippen LogP contribution is -2.28. The zero-order chi connectivity index (χ0) is 13.0. The van der Waals surface area contributed by atoms with Crippen LogP contribution < -0.4 is 10.6 Å². The minimum atomic E-state index is 0.132. The second kappa shape index (κ2) is 6.01. The van der Waals surface area contributed by atoms with Crippen LogP contribution >= 0.6 is 0 Å². The highest BCUT2D eigenvalue weighted by atomic mass is 16.1. The molecular weight excluding hydrogens is 224 g/mol. The molecule has 1 amide bonds. The molecule has 0 radical (unpaired) electrons. The first-order valence-corrected chi connectivity index (χ1v) is 6.80. The monoisotopic (exact) mass is 246 g/mol. The van der Waals surface area contributed by atoms with E-state index in [1.54, 1.807) is 0 Å². The van der Waals surface area contributed by atoms with E-state index in [0.29, 0.717) is 19.0 Å². The second-order valence-electron chi connectivity index (χ2n) is 4.95. The Balaban J connectivity index is 1.86. The van der Waals surface area contributed by atoms with Crippen LogP contribution in [-0.2, 0) is 11.2 Å². The Morgan fingerprint density at radius 1 is 1.44 bits per heavy atom. The second-order valence-corrected chi connectivity index (χ2v) is 4.95. The maximum atomic E-state index is 11.4. The first-order valence-electron chi connectivity index (χ1n) is 6.80. The Morgan fingerprint density at radius 3 is 3.06 bits per heavy atom. The quantitative estimate of drug-likeness (QED) is 0.835. The summed E-state index contributed by atoms with van der Waals surface area (Å²) >= 11 is 0. The SMILES string of the molecule is CCNC(=O)CCNC1CCc2ccc(C)cc21. The summed E-state index contributed by atoms with van der Waals surface area (Å²) in [6.45, 7) is 5.54. The van der Waals surface area contributed by atoms with E-state index in [-0.39, 0.29) is 5.91 Å². The molecule has 0 saturated carbocycles. The van der Waals surface area contributed by atoms with Gasteiger partial charge in [-0.3, -0.25) is 4.79 Å². The fraction of sp³-hybridized carbons (Fsp3) is 0.533. The average molecular weight is 246 g/mol. The summed E-state index contributed by atoms with van der Waals surface area (Å²) < 4.78 is 0. The number of carbonyl (C=O) groups is 1.